The fraction of sp³-hybridized carbons (Fsp3) is 0.211. The first-order chi connectivity index (χ1) is 10.8. The maximum Gasteiger partial charge on any atom is 0.187 e. The maximum atomic E-state index is 4.71. The van der Waals surface area contributed by atoms with Crippen molar-refractivity contribution in [2.75, 3.05) is 5.32 Å². The van der Waals surface area contributed by atoms with E-state index in [0.717, 1.165) is 29.4 Å². The van der Waals surface area contributed by atoms with Gasteiger partial charge in [-0.15, -0.1) is 11.3 Å². The zero-order chi connectivity index (χ0) is 15.4. The van der Waals surface area contributed by atoms with Crippen LogP contribution in [0.4, 0.5) is 10.8 Å². The number of benzene rings is 2. The second-order valence-electron chi connectivity index (χ2n) is 5.22. The van der Waals surface area contributed by atoms with Crippen molar-refractivity contribution >= 4 is 22.2 Å². The Balaban J connectivity index is 1.81. The van der Waals surface area contributed by atoms with Gasteiger partial charge >= 0.3 is 0 Å². The molecule has 1 heterocycles. The van der Waals surface area contributed by atoms with Crippen LogP contribution in [0.25, 0.3) is 11.3 Å². The molecule has 0 unspecified atom stereocenters. The summed E-state index contributed by atoms with van der Waals surface area (Å²) in [5, 5.41) is 6.49. The summed E-state index contributed by atoms with van der Waals surface area (Å²) in [4.78, 5) is 4.71. The van der Waals surface area contributed by atoms with Crippen LogP contribution in [0.5, 0.6) is 0 Å². The summed E-state index contributed by atoms with van der Waals surface area (Å²) >= 11 is 1.65. The highest BCUT2D eigenvalue weighted by Gasteiger charge is 2.06. The van der Waals surface area contributed by atoms with Crippen molar-refractivity contribution in [3.05, 3.63) is 65.0 Å². The Hall–Kier alpha value is -2.13. The maximum absolute atomic E-state index is 4.71. The Morgan fingerprint density at radius 2 is 1.73 bits per heavy atom. The van der Waals surface area contributed by atoms with E-state index in [4.69, 9.17) is 4.98 Å². The lowest BCUT2D eigenvalue weighted by atomic mass is 10.1. The number of hydrogen-bond donors (Lipinski definition) is 1. The highest BCUT2D eigenvalue weighted by molar-refractivity contribution is 7.14. The van der Waals surface area contributed by atoms with Crippen molar-refractivity contribution in [1.29, 1.82) is 0 Å². The van der Waals surface area contributed by atoms with Crippen molar-refractivity contribution in [2.45, 2.75) is 26.7 Å². The van der Waals surface area contributed by atoms with E-state index in [1.165, 1.54) is 16.7 Å². The van der Waals surface area contributed by atoms with E-state index in [-0.39, 0.29) is 0 Å². The lowest BCUT2D eigenvalue weighted by Gasteiger charge is -2.07. The molecule has 0 aliphatic carbocycles. The molecule has 3 aromatic rings. The Labute approximate surface area is 135 Å². The van der Waals surface area contributed by atoms with Crippen LogP contribution >= 0.6 is 11.3 Å². The van der Waals surface area contributed by atoms with E-state index < -0.39 is 0 Å². The molecule has 0 saturated heterocycles. The first-order valence-electron chi connectivity index (χ1n) is 7.70. The van der Waals surface area contributed by atoms with Gasteiger partial charge in [0.05, 0.1) is 5.69 Å². The van der Waals surface area contributed by atoms with Crippen LogP contribution in [0.3, 0.4) is 0 Å². The van der Waals surface area contributed by atoms with Gasteiger partial charge < -0.3 is 5.32 Å². The number of thiazole rings is 1. The molecule has 1 N–H and O–H groups in total. The molecule has 2 aromatic carbocycles. The van der Waals surface area contributed by atoms with Crippen LogP contribution in [0.15, 0.2) is 53.9 Å². The van der Waals surface area contributed by atoms with E-state index in [9.17, 15) is 0 Å². The minimum Gasteiger partial charge on any atom is -0.331 e. The summed E-state index contributed by atoms with van der Waals surface area (Å²) in [6.07, 6.45) is 2.08. The SMILES string of the molecule is CCc1ccc(-c2csc(Nc3ccccc3CC)n2)cc1. The van der Waals surface area contributed by atoms with Crippen LogP contribution in [0.1, 0.15) is 25.0 Å². The lowest BCUT2D eigenvalue weighted by molar-refractivity contribution is 1.14. The predicted octanol–water partition coefficient (Wildman–Crippen LogP) is 5.68. The van der Waals surface area contributed by atoms with Gasteiger partial charge in [0.15, 0.2) is 5.13 Å². The molecule has 0 radical (unpaired) electrons. The summed E-state index contributed by atoms with van der Waals surface area (Å²) in [7, 11) is 0. The third-order valence-corrected chi connectivity index (χ3v) is 4.56. The van der Waals surface area contributed by atoms with Gasteiger partial charge in [-0.2, -0.15) is 0 Å². The van der Waals surface area contributed by atoms with Gasteiger partial charge in [0.2, 0.25) is 0 Å². The van der Waals surface area contributed by atoms with Gasteiger partial charge in [-0.1, -0.05) is 56.3 Å². The Bertz CT molecular complexity index is 744. The molecule has 3 heteroatoms. The molecule has 0 atom stereocenters. The first kappa shape index (κ1) is 14.8. The van der Waals surface area contributed by atoms with Crippen molar-refractivity contribution in [3.8, 4) is 11.3 Å². The number of para-hydroxylation sites is 1. The standard InChI is InChI=1S/C19H20N2S/c1-3-14-9-11-16(12-10-14)18-13-22-19(21-18)20-17-8-6-5-7-15(17)4-2/h5-13H,3-4H2,1-2H3,(H,20,21). The van der Waals surface area contributed by atoms with Gasteiger partial charge in [-0.25, -0.2) is 4.98 Å². The molecule has 0 aliphatic rings. The smallest absolute Gasteiger partial charge is 0.187 e. The zero-order valence-corrected chi connectivity index (χ0v) is 13.8. The average Bonchev–Trinajstić information content (AvgIpc) is 3.04. The lowest BCUT2D eigenvalue weighted by Crippen LogP contribution is -1.94. The van der Waals surface area contributed by atoms with Crippen LogP contribution in [0, 0.1) is 0 Å². The molecule has 0 aliphatic heterocycles. The fourth-order valence-corrected chi connectivity index (χ4v) is 3.17. The van der Waals surface area contributed by atoms with Crippen LogP contribution in [-0.2, 0) is 12.8 Å². The Kier molecular flexibility index (Phi) is 4.54. The molecule has 2 nitrogen and oxygen atoms in total. The van der Waals surface area contributed by atoms with Gasteiger partial charge in [0.1, 0.15) is 0 Å². The molecular weight excluding hydrogens is 288 g/mol. The quantitative estimate of drug-likeness (QED) is 0.656. The van der Waals surface area contributed by atoms with E-state index in [1.54, 1.807) is 11.3 Å². The molecular formula is C19H20N2S. The number of aryl methyl sites for hydroxylation is 2. The number of nitrogens with zero attached hydrogens (tertiary/aromatic N) is 1. The normalized spacial score (nSPS) is 10.6. The minimum absolute atomic E-state index is 0.940. The van der Waals surface area contributed by atoms with Crippen LogP contribution in [-0.4, -0.2) is 4.98 Å². The van der Waals surface area contributed by atoms with E-state index in [2.05, 4.69) is 73.1 Å². The summed E-state index contributed by atoms with van der Waals surface area (Å²) < 4.78 is 0. The van der Waals surface area contributed by atoms with Gasteiger partial charge in [-0.05, 0) is 30.0 Å². The van der Waals surface area contributed by atoms with E-state index >= 15 is 0 Å². The number of hydrogen-bond acceptors (Lipinski definition) is 3. The molecule has 0 fully saturated rings. The Morgan fingerprint density at radius 3 is 2.45 bits per heavy atom. The van der Waals surface area contributed by atoms with Crippen molar-refractivity contribution < 1.29 is 0 Å². The summed E-state index contributed by atoms with van der Waals surface area (Å²) in [6, 6.07) is 17.0. The monoisotopic (exact) mass is 308 g/mol. The summed E-state index contributed by atoms with van der Waals surface area (Å²) in [6.45, 7) is 4.34. The molecule has 0 bridgehead atoms. The molecule has 0 saturated carbocycles. The highest BCUT2D eigenvalue weighted by atomic mass is 32.1. The van der Waals surface area contributed by atoms with E-state index in [1.807, 2.05) is 0 Å². The zero-order valence-electron chi connectivity index (χ0n) is 13.0. The topological polar surface area (TPSA) is 24.9 Å². The number of aromatic nitrogens is 1. The number of nitrogens with one attached hydrogen (secondary N) is 1. The molecule has 3 rings (SSSR count). The third-order valence-electron chi connectivity index (χ3n) is 3.80. The average molecular weight is 308 g/mol. The molecule has 0 spiro atoms. The number of rotatable bonds is 5. The van der Waals surface area contributed by atoms with Crippen LogP contribution < -0.4 is 5.32 Å². The van der Waals surface area contributed by atoms with Crippen molar-refractivity contribution in [1.82, 2.24) is 4.98 Å². The fourth-order valence-electron chi connectivity index (χ4n) is 2.44. The molecule has 112 valence electrons. The van der Waals surface area contributed by atoms with Gasteiger partial charge in [0, 0.05) is 16.6 Å². The third kappa shape index (κ3) is 3.20. The largest absolute Gasteiger partial charge is 0.331 e. The summed E-state index contributed by atoms with van der Waals surface area (Å²) in [5.41, 5.74) is 6.02. The first-order valence-corrected chi connectivity index (χ1v) is 8.58. The molecule has 0 amide bonds. The minimum atomic E-state index is 0.940. The second kappa shape index (κ2) is 6.75. The predicted molar refractivity (Wildman–Crippen MR) is 96.0 cm³/mol. The second-order valence-corrected chi connectivity index (χ2v) is 6.08. The van der Waals surface area contributed by atoms with Crippen molar-refractivity contribution in [3.63, 3.8) is 0 Å². The van der Waals surface area contributed by atoms with E-state index in [0.29, 0.717) is 0 Å². The molecule has 22 heavy (non-hydrogen) atoms. The van der Waals surface area contributed by atoms with Gasteiger partial charge in [-0.3, -0.25) is 0 Å². The van der Waals surface area contributed by atoms with Crippen LogP contribution in [0.2, 0.25) is 0 Å². The van der Waals surface area contributed by atoms with Crippen molar-refractivity contribution in [2.24, 2.45) is 0 Å². The molecule has 1 aromatic heterocycles. The van der Waals surface area contributed by atoms with Gasteiger partial charge in [0.25, 0.3) is 0 Å². The Morgan fingerprint density at radius 1 is 0.955 bits per heavy atom. The highest BCUT2D eigenvalue weighted by Crippen LogP contribution is 2.28. The summed E-state index contributed by atoms with van der Waals surface area (Å²) in [5.74, 6) is 0. The number of anilines is 2.